The number of anilines is 1. The summed E-state index contributed by atoms with van der Waals surface area (Å²) < 4.78 is 51.0. The maximum atomic E-state index is 13.8. The van der Waals surface area contributed by atoms with Gasteiger partial charge in [-0.05, 0) is 12.1 Å². The smallest absolute Gasteiger partial charge is 0.277 e. The second-order valence-electron chi connectivity index (χ2n) is 4.33. The number of halogens is 2. The third kappa shape index (κ3) is 2.87. The minimum Gasteiger partial charge on any atom is -0.364 e. The standard InChI is InChI=1S/C11H12F2N4O2S/c12-9-5-8(7-14)6-10(13)11(9)16-1-3-17(4-2-16)20(15,18)19/h5-6H,1-4H2,(H2,15,18,19). The molecule has 1 saturated heterocycles. The number of nitriles is 1. The van der Waals surface area contributed by atoms with Gasteiger partial charge in [-0.3, -0.25) is 0 Å². The Labute approximate surface area is 115 Å². The van der Waals surface area contributed by atoms with Crippen LogP contribution in [0.2, 0.25) is 0 Å². The van der Waals surface area contributed by atoms with E-state index in [1.807, 2.05) is 0 Å². The van der Waals surface area contributed by atoms with Gasteiger partial charge in [0.2, 0.25) is 0 Å². The number of piperazine rings is 1. The third-order valence-corrected chi connectivity index (χ3v) is 4.15. The van der Waals surface area contributed by atoms with Crippen LogP contribution in [0.25, 0.3) is 0 Å². The van der Waals surface area contributed by atoms with Crippen molar-refractivity contribution in [3.05, 3.63) is 29.3 Å². The number of rotatable bonds is 2. The van der Waals surface area contributed by atoms with Crippen LogP contribution in [0.15, 0.2) is 12.1 Å². The quantitative estimate of drug-likeness (QED) is 0.842. The molecule has 1 fully saturated rings. The predicted octanol–water partition coefficient (Wildman–Crippen LogP) is 0.162. The van der Waals surface area contributed by atoms with Crippen LogP contribution in [0.5, 0.6) is 0 Å². The summed E-state index contributed by atoms with van der Waals surface area (Å²) in [6.45, 7) is 0.349. The fourth-order valence-corrected chi connectivity index (χ4v) is 2.77. The minimum absolute atomic E-state index is 0.0533. The van der Waals surface area contributed by atoms with E-state index in [9.17, 15) is 17.2 Å². The Bertz CT molecular complexity index is 640. The van der Waals surface area contributed by atoms with Crippen LogP contribution in [-0.2, 0) is 10.2 Å². The van der Waals surface area contributed by atoms with Gasteiger partial charge in [-0.25, -0.2) is 13.9 Å². The average Bonchev–Trinajstić information content (AvgIpc) is 2.37. The first kappa shape index (κ1) is 14.6. The molecule has 1 aliphatic heterocycles. The number of hydrogen-bond acceptors (Lipinski definition) is 4. The molecule has 1 aromatic rings. The summed E-state index contributed by atoms with van der Waals surface area (Å²) in [5.41, 5.74) is -0.356. The van der Waals surface area contributed by atoms with Crippen molar-refractivity contribution in [3.63, 3.8) is 0 Å². The summed E-state index contributed by atoms with van der Waals surface area (Å²) in [7, 11) is -3.79. The van der Waals surface area contributed by atoms with Crippen LogP contribution < -0.4 is 10.0 Å². The first-order chi connectivity index (χ1) is 9.32. The second kappa shape index (κ2) is 5.32. The molecule has 0 aliphatic carbocycles. The maximum Gasteiger partial charge on any atom is 0.277 e. The number of benzene rings is 1. The Hall–Kier alpha value is -1.76. The first-order valence-corrected chi connectivity index (χ1v) is 7.25. The summed E-state index contributed by atoms with van der Waals surface area (Å²) in [6, 6.07) is 3.56. The van der Waals surface area contributed by atoms with E-state index in [1.165, 1.54) is 4.90 Å². The molecule has 0 unspecified atom stereocenters. The van der Waals surface area contributed by atoms with Gasteiger partial charge >= 0.3 is 0 Å². The van der Waals surface area contributed by atoms with Crippen LogP contribution in [0.3, 0.4) is 0 Å². The topological polar surface area (TPSA) is 90.4 Å². The summed E-state index contributed by atoms with van der Waals surface area (Å²) >= 11 is 0. The molecule has 0 bridgehead atoms. The molecule has 0 aromatic heterocycles. The van der Waals surface area contributed by atoms with Gasteiger partial charge in [-0.2, -0.15) is 18.0 Å². The first-order valence-electron chi connectivity index (χ1n) is 5.75. The van der Waals surface area contributed by atoms with E-state index in [0.717, 1.165) is 16.4 Å². The Kier molecular flexibility index (Phi) is 3.89. The molecule has 0 saturated carbocycles. The van der Waals surface area contributed by atoms with Crippen LogP contribution >= 0.6 is 0 Å². The maximum absolute atomic E-state index is 13.8. The summed E-state index contributed by atoms with van der Waals surface area (Å²) in [6.07, 6.45) is 0. The number of hydrogen-bond donors (Lipinski definition) is 1. The van der Waals surface area contributed by atoms with Crippen LogP contribution in [-0.4, -0.2) is 38.9 Å². The highest BCUT2D eigenvalue weighted by Crippen LogP contribution is 2.26. The fourth-order valence-electron chi connectivity index (χ4n) is 2.10. The van der Waals surface area contributed by atoms with Gasteiger partial charge < -0.3 is 4.90 Å². The van der Waals surface area contributed by atoms with Crippen LogP contribution in [0, 0.1) is 23.0 Å². The van der Waals surface area contributed by atoms with Crippen molar-refractivity contribution in [1.29, 1.82) is 5.26 Å². The SMILES string of the molecule is N#Cc1cc(F)c(N2CCN(S(N)(=O)=O)CC2)c(F)c1. The largest absolute Gasteiger partial charge is 0.364 e. The van der Waals surface area contributed by atoms with E-state index in [1.54, 1.807) is 6.07 Å². The molecular weight excluding hydrogens is 290 g/mol. The molecule has 6 nitrogen and oxygen atoms in total. The lowest BCUT2D eigenvalue weighted by molar-refractivity contribution is 0.381. The van der Waals surface area contributed by atoms with E-state index in [0.29, 0.717) is 0 Å². The van der Waals surface area contributed by atoms with Gasteiger partial charge in [-0.1, -0.05) is 0 Å². The minimum atomic E-state index is -3.79. The van der Waals surface area contributed by atoms with Crippen molar-refractivity contribution in [1.82, 2.24) is 4.31 Å². The molecule has 2 N–H and O–H groups in total. The summed E-state index contributed by atoms with van der Waals surface area (Å²) in [5.74, 6) is -1.68. The molecule has 20 heavy (non-hydrogen) atoms. The Morgan fingerprint density at radius 3 is 2.05 bits per heavy atom. The van der Waals surface area contributed by atoms with Gasteiger partial charge in [0.15, 0.2) is 11.6 Å². The fraction of sp³-hybridized carbons (Fsp3) is 0.364. The highest BCUT2D eigenvalue weighted by atomic mass is 32.2. The molecule has 108 valence electrons. The lowest BCUT2D eigenvalue weighted by Crippen LogP contribution is -2.51. The molecule has 1 heterocycles. The van der Waals surface area contributed by atoms with Crippen LogP contribution in [0.4, 0.5) is 14.5 Å². The van der Waals surface area contributed by atoms with Crippen molar-refractivity contribution in [3.8, 4) is 6.07 Å². The van der Waals surface area contributed by atoms with E-state index in [4.69, 9.17) is 10.4 Å². The third-order valence-electron chi connectivity index (χ3n) is 3.06. The highest BCUT2D eigenvalue weighted by molar-refractivity contribution is 7.86. The van der Waals surface area contributed by atoms with Gasteiger partial charge in [-0.15, -0.1) is 0 Å². The summed E-state index contributed by atoms with van der Waals surface area (Å²) in [4.78, 5) is 1.40. The predicted molar refractivity (Wildman–Crippen MR) is 68.0 cm³/mol. The molecular formula is C11H12F2N4O2S. The zero-order valence-corrected chi connectivity index (χ0v) is 11.2. The van der Waals surface area contributed by atoms with E-state index in [2.05, 4.69) is 0 Å². The zero-order valence-electron chi connectivity index (χ0n) is 10.4. The normalized spacial score (nSPS) is 17.0. The van der Waals surface area contributed by atoms with E-state index in [-0.39, 0.29) is 37.4 Å². The highest BCUT2D eigenvalue weighted by Gasteiger charge is 2.27. The molecule has 9 heteroatoms. The Morgan fingerprint density at radius 2 is 1.65 bits per heavy atom. The lowest BCUT2D eigenvalue weighted by atomic mass is 10.1. The van der Waals surface area contributed by atoms with Gasteiger partial charge in [0, 0.05) is 26.2 Å². The van der Waals surface area contributed by atoms with Crippen molar-refractivity contribution >= 4 is 15.9 Å². The second-order valence-corrected chi connectivity index (χ2v) is 5.88. The average molecular weight is 302 g/mol. The van der Waals surface area contributed by atoms with Crippen molar-refractivity contribution < 1.29 is 17.2 Å². The molecule has 0 amide bonds. The summed E-state index contributed by atoms with van der Waals surface area (Å²) in [5, 5.41) is 13.6. The molecule has 0 radical (unpaired) electrons. The van der Waals surface area contributed by atoms with Crippen molar-refractivity contribution in [2.45, 2.75) is 0 Å². The Morgan fingerprint density at radius 1 is 1.15 bits per heavy atom. The molecule has 0 spiro atoms. The van der Waals surface area contributed by atoms with E-state index < -0.39 is 21.8 Å². The van der Waals surface area contributed by atoms with Crippen molar-refractivity contribution in [2.24, 2.45) is 5.14 Å². The van der Waals surface area contributed by atoms with E-state index >= 15 is 0 Å². The van der Waals surface area contributed by atoms with Gasteiger partial charge in [0.1, 0.15) is 5.69 Å². The van der Waals surface area contributed by atoms with Crippen LogP contribution in [0.1, 0.15) is 5.56 Å². The zero-order chi connectivity index (χ0) is 14.9. The monoisotopic (exact) mass is 302 g/mol. The van der Waals surface area contributed by atoms with Gasteiger partial charge in [0.25, 0.3) is 10.2 Å². The number of nitrogens with zero attached hydrogens (tertiary/aromatic N) is 3. The Balaban J connectivity index is 2.22. The number of nitrogens with two attached hydrogens (primary N) is 1. The molecule has 1 aromatic carbocycles. The molecule has 1 aliphatic rings. The van der Waals surface area contributed by atoms with Crippen molar-refractivity contribution in [2.75, 3.05) is 31.1 Å². The van der Waals surface area contributed by atoms with Gasteiger partial charge in [0.05, 0.1) is 11.6 Å². The lowest BCUT2D eigenvalue weighted by Gasteiger charge is -2.34. The molecule has 2 rings (SSSR count). The molecule has 0 atom stereocenters.